The average Bonchev–Trinajstić information content (AvgIpc) is 2.78. The lowest BCUT2D eigenvalue weighted by molar-refractivity contribution is 0.0908. The summed E-state index contributed by atoms with van der Waals surface area (Å²) in [6.07, 6.45) is 4.40. The Kier molecular flexibility index (Phi) is 9.88. The third kappa shape index (κ3) is 7.04. The highest BCUT2D eigenvalue weighted by atomic mass is 19.1. The van der Waals surface area contributed by atoms with Crippen LogP contribution in [0.15, 0.2) is 36.4 Å². The Morgan fingerprint density at radius 1 is 0.758 bits per heavy atom. The smallest absolute Gasteiger partial charge is 0.257 e. The van der Waals surface area contributed by atoms with Crippen molar-refractivity contribution in [3.63, 3.8) is 0 Å². The zero-order valence-corrected chi connectivity index (χ0v) is 18.9. The van der Waals surface area contributed by atoms with E-state index >= 15 is 0 Å². The first kappa shape index (κ1) is 26.4. The molecule has 0 fully saturated rings. The standard InChI is InChI=1S/C25H30F4N2O2/c1-3-5-13-25(4-2,16-31-24(33)22-19(28)11-7-12-20(22)29)14-8-15-30-23(32)21-17(26)9-6-10-18(21)27/h6-7,9-12H,3-5,8,13-16H2,1-2H3,(H,30,32)(H,31,33)/t25-/m0/s1. The first-order valence-corrected chi connectivity index (χ1v) is 11.2. The lowest BCUT2D eigenvalue weighted by Crippen LogP contribution is -2.39. The lowest BCUT2D eigenvalue weighted by Gasteiger charge is -2.33. The van der Waals surface area contributed by atoms with E-state index in [0.717, 1.165) is 43.5 Å². The number of rotatable bonds is 12. The average molecular weight is 467 g/mol. The van der Waals surface area contributed by atoms with E-state index in [9.17, 15) is 27.2 Å². The van der Waals surface area contributed by atoms with E-state index in [-0.39, 0.29) is 18.5 Å². The maximum Gasteiger partial charge on any atom is 0.257 e. The van der Waals surface area contributed by atoms with Crippen molar-refractivity contribution in [3.8, 4) is 0 Å². The van der Waals surface area contributed by atoms with E-state index in [2.05, 4.69) is 10.6 Å². The van der Waals surface area contributed by atoms with Crippen molar-refractivity contribution in [1.29, 1.82) is 0 Å². The summed E-state index contributed by atoms with van der Waals surface area (Å²) >= 11 is 0. The van der Waals surface area contributed by atoms with Gasteiger partial charge in [-0.05, 0) is 55.4 Å². The second kappa shape index (κ2) is 12.4. The number of amides is 2. The number of hydrogen-bond acceptors (Lipinski definition) is 2. The van der Waals surface area contributed by atoms with E-state index in [1.807, 2.05) is 13.8 Å². The molecule has 2 aromatic rings. The molecular formula is C25H30F4N2O2. The highest BCUT2D eigenvalue weighted by molar-refractivity contribution is 5.95. The van der Waals surface area contributed by atoms with Crippen LogP contribution in [0.1, 0.15) is 73.1 Å². The lowest BCUT2D eigenvalue weighted by atomic mass is 9.76. The van der Waals surface area contributed by atoms with Gasteiger partial charge in [-0.15, -0.1) is 0 Å². The van der Waals surface area contributed by atoms with Crippen LogP contribution in [-0.4, -0.2) is 24.9 Å². The van der Waals surface area contributed by atoms with Gasteiger partial charge >= 0.3 is 0 Å². The molecule has 0 spiro atoms. The number of halogens is 4. The Bertz CT molecular complexity index is 927. The summed E-state index contributed by atoms with van der Waals surface area (Å²) in [4.78, 5) is 24.6. The van der Waals surface area contributed by atoms with E-state index in [4.69, 9.17) is 0 Å². The van der Waals surface area contributed by atoms with Gasteiger partial charge < -0.3 is 10.6 Å². The molecule has 0 unspecified atom stereocenters. The number of hydrogen-bond donors (Lipinski definition) is 2. The number of carbonyl (C=O) groups is 2. The second-order valence-corrected chi connectivity index (χ2v) is 8.19. The Morgan fingerprint density at radius 2 is 1.21 bits per heavy atom. The zero-order valence-electron chi connectivity index (χ0n) is 18.9. The maximum atomic E-state index is 13.9. The molecule has 8 heteroatoms. The largest absolute Gasteiger partial charge is 0.352 e. The normalized spacial score (nSPS) is 12.8. The molecule has 2 aromatic carbocycles. The molecule has 0 aliphatic rings. The summed E-state index contributed by atoms with van der Waals surface area (Å²) in [5.41, 5.74) is -1.58. The Morgan fingerprint density at radius 3 is 1.67 bits per heavy atom. The summed E-state index contributed by atoms with van der Waals surface area (Å²) in [5.74, 6) is -5.35. The van der Waals surface area contributed by atoms with Gasteiger partial charge in [0, 0.05) is 13.1 Å². The number of carbonyl (C=O) groups excluding carboxylic acids is 2. The third-order valence-corrected chi connectivity index (χ3v) is 5.98. The fourth-order valence-electron chi connectivity index (χ4n) is 3.87. The molecule has 180 valence electrons. The summed E-state index contributed by atoms with van der Waals surface area (Å²) < 4.78 is 55.4. The molecule has 2 amide bonds. The van der Waals surface area contributed by atoms with Crippen molar-refractivity contribution < 1.29 is 27.2 Å². The predicted molar refractivity (Wildman–Crippen MR) is 119 cm³/mol. The first-order valence-electron chi connectivity index (χ1n) is 11.2. The molecule has 2 N–H and O–H groups in total. The topological polar surface area (TPSA) is 58.2 Å². The Hall–Kier alpha value is -2.90. The molecule has 0 aliphatic carbocycles. The summed E-state index contributed by atoms with van der Waals surface area (Å²) in [6.45, 7) is 4.41. The molecule has 0 radical (unpaired) electrons. The van der Waals surface area contributed by atoms with Crippen LogP contribution >= 0.6 is 0 Å². The van der Waals surface area contributed by atoms with Gasteiger partial charge in [-0.1, -0.05) is 38.8 Å². The Balaban J connectivity index is 2.00. The van der Waals surface area contributed by atoms with E-state index in [1.165, 1.54) is 12.1 Å². The van der Waals surface area contributed by atoms with Gasteiger partial charge in [0.2, 0.25) is 0 Å². The molecule has 33 heavy (non-hydrogen) atoms. The van der Waals surface area contributed by atoms with Crippen molar-refractivity contribution in [2.75, 3.05) is 13.1 Å². The molecule has 4 nitrogen and oxygen atoms in total. The highest BCUT2D eigenvalue weighted by Gasteiger charge is 2.29. The molecule has 0 saturated heterocycles. The first-order chi connectivity index (χ1) is 15.7. The van der Waals surface area contributed by atoms with Crippen molar-refractivity contribution in [3.05, 3.63) is 70.8 Å². The van der Waals surface area contributed by atoms with E-state index < -0.39 is 46.2 Å². The SMILES string of the molecule is CCCC[C@@](CC)(CCCNC(=O)c1c(F)cccc1F)CNC(=O)c1c(F)cccc1F. The summed E-state index contributed by atoms with van der Waals surface area (Å²) in [7, 11) is 0. The van der Waals surface area contributed by atoms with Gasteiger partial charge in [0.25, 0.3) is 11.8 Å². The fourth-order valence-corrected chi connectivity index (χ4v) is 3.87. The number of unbranched alkanes of at least 4 members (excludes halogenated alkanes) is 1. The summed E-state index contributed by atoms with van der Waals surface area (Å²) in [6, 6.07) is 6.48. The van der Waals surface area contributed by atoms with Gasteiger partial charge in [0.05, 0.1) is 0 Å². The Labute approximate surface area is 191 Å². The van der Waals surface area contributed by atoms with Gasteiger partial charge in [-0.25, -0.2) is 17.6 Å². The van der Waals surface area contributed by atoms with Crippen LogP contribution in [0.4, 0.5) is 17.6 Å². The van der Waals surface area contributed by atoms with Gasteiger partial charge in [-0.3, -0.25) is 9.59 Å². The number of nitrogens with one attached hydrogen (secondary N) is 2. The van der Waals surface area contributed by atoms with Crippen LogP contribution < -0.4 is 10.6 Å². The van der Waals surface area contributed by atoms with Crippen LogP contribution in [0.5, 0.6) is 0 Å². The fraction of sp³-hybridized carbons (Fsp3) is 0.440. The van der Waals surface area contributed by atoms with Gasteiger partial charge in [0.1, 0.15) is 34.4 Å². The highest BCUT2D eigenvalue weighted by Crippen LogP contribution is 2.33. The number of benzene rings is 2. The van der Waals surface area contributed by atoms with E-state index in [0.29, 0.717) is 19.3 Å². The zero-order chi connectivity index (χ0) is 24.4. The van der Waals surface area contributed by atoms with Crippen LogP contribution in [0.2, 0.25) is 0 Å². The van der Waals surface area contributed by atoms with E-state index in [1.54, 1.807) is 0 Å². The van der Waals surface area contributed by atoms with Crippen molar-refractivity contribution in [2.45, 2.75) is 52.4 Å². The predicted octanol–water partition coefficient (Wildman–Crippen LogP) is 5.77. The van der Waals surface area contributed by atoms with Crippen molar-refractivity contribution in [1.82, 2.24) is 10.6 Å². The van der Waals surface area contributed by atoms with Crippen LogP contribution in [0, 0.1) is 28.7 Å². The van der Waals surface area contributed by atoms with Crippen LogP contribution in [-0.2, 0) is 0 Å². The summed E-state index contributed by atoms with van der Waals surface area (Å²) in [5, 5.41) is 5.20. The van der Waals surface area contributed by atoms with Crippen LogP contribution in [0.3, 0.4) is 0 Å². The molecule has 0 heterocycles. The van der Waals surface area contributed by atoms with Crippen LogP contribution in [0.25, 0.3) is 0 Å². The monoisotopic (exact) mass is 466 g/mol. The van der Waals surface area contributed by atoms with Crippen molar-refractivity contribution >= 4 is 11.8 Å². The van der Waals surface area contributed by atoms with Crippen molar-refractivity contribution in [2.24, 2.45) is 5.41 Å². The van der Waals surface area contributed by atoms with Gasteiger partial charge in [-0.2, -0.15) is 0 Å². The third-order valence-electron chi connectivity index (χ3n) is 5.98. The minimum Gasteiger partial charge on any atom is -0.352 e. The molecule has 0 aromatic heterocycles. The molecular weight excluding hydrogens is 436 g/mol. The maximum absolute atomic E-state index is 13.9. The molecule has 0 aliphatic heterocycles. The minimum absolute atomic E-state index is 0.191. The molecule has 1 atom stereocenters. The molecule has 0 saturated carbocycles. The second-order valence-electron chi connectivity index (χ2n) is 8.19. The molecule has 2 rings (SSSR count). The minimum atomic E-state index is -0.929. The van der Waals surface area contributed by atoms with Gasteiger partial charge in [0.15, 0.2) is 0 Å². The molecule has 0 bridgehead atoms. The quantitative estimate of drug-likeness (QED) is 0.308.